The number of benzene rings is 1. The molecule has 1 aromatic carbocycles. The molecule has 2 aromatic heterocycles. The average Bonchev–Trinajstić information content (AvgIpc) is 3.46. The summed E-state index contributed by atoms with van der Waals surface area (Å²) < 4.78 is 70.3. The summed E-state index contributed by atoms with van der Waals surface area (Å²) in [5, 5.41) is 11.6. The van der Waals surface area contributed by atoms with E-state index in [1.165, 1.54) is 22.5 Å². The fourth-order valence-corrected chi connectivity index (χ4v) is 5.98. The van der Waals surface area contributed by atoms with Crippen molar-refractivity contribution in [3.05, 3.63) is 47.3 Å². The lowest BCUT2D eigenvalue weighted by Crippen LogP contribution is -2.43. The largest absolute Gasteiger partial charge is 0.416 e. The summed E-state index contributed by atoms with van der Waals surface area (Å²) in [6.45, 7) is 0.342. The molecular formula is C19H17F3N4O4S2. The third-order valence-electron chi connectivity index (χ3n) is 4.96. The first-order valence-corrected chi connectivity index (χ1v) is 11.8. The van der Waals surface area contributed by atoms with Crippen LogP contribution in [0.15, 0.2) is 50.4 Å². The van der Waals surface area contributed by atoms with Gasteiger partial charge in [-0.05, 0) is 48.6 Å². The number of alkyl halides is 3. The molecule has 1 aliphatic heterocycles. The van der Waals surface area contributed by atoms with Gasteiger partial charge in [0.25, 0.3) is 10.0 Å². The van der Waals surface area contributed by atoms with Gasteiger partial charge in [-0.15, -0.1) is 16.4 Å². The van der Waals surface area contributed by atoms with Crippen LogP contribution in [0.3, 0.4) is 0 Å². The number of sulfonamides is 1. The number of nitrogens with one attached hydrogen (secondary N) is 1. The Labute approximate surface area is 185 Å². The molecule has 32 heavy (non-hydrogen) atoms. The molecule has 4 rings (SSSR count). The Morgan fingerprint density at radius 1 is 1.19 bits per heavy atom. The molecule has 1 aliphatic rings. The number of nitrogens with zero attached hydrogens (tertiary/aromatic N) is 3. The first-order valence-electron chi connectivity index (χ1n) is 9.50. The van der Waals surface area contributed by atoms with Crippen molar-refractivity contribution in [3.63, 3.8) is 0 Å². The van der Waals surface area contributed by atoms with E-state index in [4.69, 9.17) is 4.42 Å². The van der Waals surface area contributed by atoms with Crippen LogP contribution in [0.1, 0.15) is 18.4 Å². The monoisotopic (exact) mass is 486 g/mol. The number of anilines is 1. The highest BCUT2D eigenvalue weighted by Gasteiger charge is 2.34. The van der Waals surface area contributed by atoms with Crippen LogP contribution in [0.2, 0.25) is 0 Å². The number of halogens is 3. The lowest BCUT2D eigenvalue weighted by atomic mass is 9.99. The van der Waals surface area contributed by atoms with Gasteiger partial charge in [-0.1, -0.05) is 11.2 Å². The summed E-state index contributed by atoms with van der Waals surface area (Å²) in [7, 11) is -3.66. The van der Waals surface area contributed by atoms with Crippen molar-refractivity contribution in [2.45, 2.75) is 23.2 Å². The van der Waals surface area contributed by atoms with E-state index in [2.05, 4.69) is 15.5 Å². The molecule has 0 aliphatic carbocycles. The molecule has 1 N–H and O–H groups in total. The first kappa shape index (κ1) is 22.4. The van der Waals surface area contributed by atoms with Gasteiger partial charge >= 0.3 is 12.2 Å². The lowest BCUT2D eigenvalue weighted by Gasteiger charge is -2.30. The van der Waals surface area contributed by atoms with Crippen LogP contribution in [-0.4, -0.2) is 41.9 Å². The van der Waals surface area contributed by atoms with E-state index in [1.54, 1.807) is 11.4 Å². The van der Waals surface area contributed by atoms with Crippen LogP contribution in [0.25, 0.3) is 11.5 Å². The Bertz CT molecular complexity index is 1190. The molecule has 1 amide bonds. The highest BCUT2D eigenvalue weighted by Crippen LogP contribution is 2.31. The Balaban J connectivity index is 1.42. The molecule has 0 radical (unpaired) electrons. The topological polar surface area (TPSA) is 105 Å². The Morgan fingerprint density at radius 3 is 2.59 bits per heavy atom. The minimum Gasteiger partial charge on any atom is -0.403 e. The highest BCUT2D eigenvalue weighted by molar-refractivity contribution is 7.91. The van der Waals surface area contributed by atoms with E-state index in [0.717, 1.165) is 23.5 Å². The maximum absolute atomic E-state index is 12.7. The van der Waals surface area contributed by atoms with E-state index in [9.17, 15) is 26.4 Å². The summed E-state index contributed by atoms with van der Waals surface area (Å²) >= 11 is 1.11. The third kappa shape index (κ3) is 4.69. The maximum Gasteiger partial charge on any atom is 0.416 e. The van der Waals surface area contributed by atoms with Crippen molar-refractivity contribution >= 4 is 33.3 Å². The van der Waals surface area contributed by atoms with Gasteiger partial charge in [0, 0.05) is 18.7 Å². The molecule has 3 aromatic rings. The number of hydrogen-bond acceptors (Lipinski definition) is 7. The van der Waals surface area contributed by atoms with Crippen molar-refractivity contribution in [2.24, 2.45) is 5.92 Å². The number of thiophene rings is 1. The van der Waals surface area contributed by atoms with Crippen LogP contribution < -0.4 is 5.32 Å². The maximum atomic E-state index is 12.7. The van der Waals surface area contributed by atoms with Crippen molar-refractivity contribution < 1.29 is 30.8 Å². The van der Waals surface area contributed by atoms with Gasteiger partial charge in [-0.3, -0.25) is 10.1 Å². The van der Waals surface area contributed by atoms with E-state index in [1.807, 2.05) is 0 Å². The van der Waals surface area contributed by atoms with Gasteiger partial charge in [0.05, 0.1) is 11.5 Å². The quantitative estimate of drug-likeness (QED) is 0.587. The van der Waals surface area contributed by atoms with Crippen molar-refractivity contribution in [1.29, 1.82) is 0 Å². The standard InChI is InChI=1S/C19H17F3N4O4S2/c20-19(21,22)14-7-5-12(6-8-14)17-24-25-18(30-17)23-16(27)13-3-1-9-26(11-13)32(28,29)15-4-2-10-31-15/h2,4-8,10,13H,1,3,9,11H2,(H,23,25,27). The summed E-state index contributed by atoms with van der Waals surface area (Å²) in [5.74, 6) is -1.14. The molecule has 1 unspecified atom stereocenters. The molecule has 1 fully saturated rings. The number of carbonyl (C=O) groups excluding carboxylic acids is 1. The van der Waals surface area contributed by atoms with E-state index in [-0.39, 0.29) is 28.2 Å². The Hall–Kier alpha value is -2.77. The van der Waals surface area contributed by atoms with Gasteiger partial charge in [-0.2, -0.15) is 17.5 Å². The molecular weight excluding hydrogens is 469 g/mol. The zero-order valence-electron chi connectivity index (χ0n) is 16.4. The second-order valence-corrected chi connectivity index (χ2v) is 10.2. The minimum atomic E-state index is -4.46. The van der Waals surface area contributed by atoms with Crippen LogP contribution in [0.5, 0.6) is 0 Å². The van der Waals surface area contributed by atoms with E-state index < -0.39 is 33.6 Å². The molecule has 0 bridgehead atoms. The predicted octanol–water partition coefficient (Wildman–Crippen LogP) is 3.86. The molecule has 1 saturated heterocycles. The zero-order valence-corrected chi connectivity index (χ0v) is 18.0. The highest BCUT2D eigenvalue weighted by atomic mass is 32.2. The van der Waals surface area contributed by atoms with Crippen LogP contribution in [-0.2, 0) is 21.0 Å². The summed E-state index contributed by atoms with van der Waals surface area (Å²) in [6, 6.07) is 7.11. The molecule has 0 spiro atoms. The van der Waals surface area contributed by atoms with E-state index >= 15 is 0 Å². The van der Waals surface area contributed by atoms with Gasteiger partial charge in [0.15, 0.2) is 0 Å². The van der Waals surface area contributed by atoms with E-state index in [0.29, 0.717) is 19.4 Å². The number of piperidine rings is 1. The van der Waals surface area contributed by atoms with Gasteiger partial charge in [0.2, 0.25) is 11.8 Å². The van der Waals surface area contributed by atoms with Crippen LogP contribution >= 0.6 is 11.3 Å². The third-order valence-corrected chi connectivity index (χ3v) is 8.20. The van der Waals surface area contributed by atoms with Crippen LogP contribution in [0.4, 0.5) is 19.2 Å². The summed E-state index contributed by atoms with van der Waals surface area (Å²) in [6.07, 6.45) is -3.46. The molecule has 170 valence electrons. The van der Waals surface area contributed by atoms with Gasteiger partial charge in [0.1, 0.15) is 4.21 Å². The summed E-state index contributed by atoms with van der Waals surface area (Å²) in [4.78, 5) is 12.6. The normalized spacial score (nSPS) is 17.9. The number of hydrogen-bond donors (Lipinski definition) is 1. The van der Waals surface area contributed by atoms with Crippen molar-refractivity contribution in [1.82, 2.24) is 14.5 Å². The van der Waals surface area contributed by atoms with Crippen molar-refractivity contribution in [3.8, 4) is 11.5 Å². The minimum absolute atomic E-state index is 0.0198. The average molecular weight is 486 g/mol. The second-order valence-electron chi connectivity index (χ2n) is 7.11. The SMILES string of the molecule is O=C(Nc1nnc(-c2ccc(C(F)(F)F)cc2)o1)C1CCCN(S(=O)(=O)c2cccs2)C1. The Morgan fingerprint density at radius 2 is 1.94 bits per heavy atom. The fourth-order valence-electron chi connectivity index (χ4n) is 3.31. The number of amides is 1. The van der Waals surface area contributed by atoms with Gasteiger partial charge in [-0.25, -0.2) is 8.42 Å². The smallest absolute Gasteiger partial charge is 0.403 e. The lowest BCUT2D eigenvalue weighted by molar-refractivity contribution is -0.137. The molecule has 0 saturated carbocycles. The predicted molar refractivity (Wildman–Crippen MR) is 109 cm³/mol. The number of carbonyl (C=O) groups is 1. The summed E-state index contributed by atoms with van der Waals surface area (Å²) in [5.41, 5.74) is -0.550. The molecule has 8 nitrogen and oxygen atoms in total. The molecule has 3 heterocycles. The van der Waals surface area contributed by atoms with Crippen LogP contribution in [0, 0.1) is 5.92 Å². The van der Waals surface area contributed by atoms with Crippen molar-refractivity contribution in [2.75, 3.05) is 18.4 Å². The molecule has 13 heteroatoms. The Kier molecular flexibility index (Phi) is 6.05. The number of aromatic nitrogens is 2. The fraction of sp³-hybridized carbons (Fsp3) is 0.316. The first-order chi connectivity index (χ1) is 15.1. The second kappa shape index (κ2) is 8.64. The van der Waals surface area contributed by atoms with Gasteiger partial charge < -0.3 is 4.42 Å². The molecule has 1 atom stereocenters. The number of rotatable bonds is 5. The zero-order chi connectivity index (χ0) is 22.9.